The van der Waals surface area contributed by atoms with E-state index in [9.17, 15) is 0 Å². The minimum absolute atomic E-state index is 0.476. The first-order chi connectivity index (χ1) is 9.16. The van der Waals surface area contributed by atoms with Crippen molar-refractivity contribution in [3.8, 4) is 0 Å². The number of rotatable bonds is 4. The van der Waals surface area contributed by atoms with Gasteiger partial charge < -0.3 is 0 Å². The Hall–Kier alpha value is 0.874. The molecule has 0 heterocycles. The van der Waals surface area contributed by atoms with Crippen molar-refractivity contribution in [3.63, 3.8) is 0 Å². The van der Waals surface area contributed by atoms with Crippen LogP contribution in [0.25, 0.3) is 10.8 Å². The highest BCUT2D eigenvalue weighted by molar-refractivity contribution is 7.64. The third kappa shape index (κ3) is 4.96. The largest absolute Gasteiger partial charge is 0.345 e. The molecule has 0 fully saturated rings. The third-order valence-corrected chi connectivity index (χ3v) is 6.85. The molecule has 0 unspecified atom stereocenters. The molecule has 0 saturated heterocycles. The molecule has 108 valence electrons. The van der Waals surface area contributed by atoms with Gasteiger partial charge in [-0.2, -0.15) is 0 Å². The molecule has 0 aliphatic carbocycles. The summed E-state index contributed by atoms with van der Waals surface area (Å²) in [6, 6.07) is 7.37. The molecule has 0 saturated carbocycles. The zero-order valence-electron chi connectivity index (χ0n) is 10.1. The number of fused-ring (bicyclic) bond motifs is 1. The van der Waals surface area contributed by atoms with E-state index in [1.165, 1.54) is 0 Å². The second-order valence-corrected chi connectivity index (χ2v) is 22.8. The minimum Gasteiger partial charge on any atom is -0.126 e. The topological polar surface area (TPSA) is 0 Å². The molecular weight excluding hydrogens is 413 g/mol. The molecule has 0 aliphatic heterocycles. The van der Waals surface area contributed by atoms with E-state index in [-0.39, 0.29) is 0 Å². The van der Waals surface area contributed by atoms with Crippen LogP contribution in [0, 0.1) is 0 Å². The van der Waals surface area contributed by atoms with Crippen LogP contribution in [0.15, 0.2) is 36.4 Å². The average Bonchev–Trinajstić information content (AvgIpc) is 2.26. The molecule has 0 atom stereocenters. The predicted octanol–water partition coefficient (Wildman–Crippen LogP) is 6.31. The summed E-state index contributed by atoms with van der Waals surface area (Å²) in [7, 11) is 0. The van der Waals surface area contributed by atoms with Gasteiger partial charge in [0.1, 0.15) is 0 Å². The molecule has 20 heavy (non-hydrogen) atoms. The molecule has 0 aliphatic rings. The fourth-order valence-corrected chi connectivity index (χ4v) is 6.25. The molecular formula is C12H10Cl6Si2. The summed E-state index contributed by atoms with van der Waals surface area (Å²) in [6.45, 7) is 0. The Bertz CT molecular complexity index is 562. The fourth-order valence-electron chi connectivity index (χ4n) is 2.18. The molecule has 2 aromatic rings. The van der Waals surface area contributed by atoms with Gasteiger partial charge in [-0.05, 0) is 21.9 Å². The average molecular weight is 423 g/mol. The van der Waals surface area contributed by atoms with Crippen molar-refractivity contribution >= 4 is 89.3 Å². The molecule has 0 aromatic heterocycles. The van der Waals surface area contributed by atoms with Gasteiger partial charge in [-0.25, -0.2) is 0 Å². The van der Waals surface area contributed by atoms with E-state index in [4.69, 9.17) is 66.5 Å². The Morgan fingerprint density at radius 1 is 0.600 bits per heavy atom. The van der Waals surface area contributed by atoms with E-state index in [1.54, 1.807) is 0 Å². The third-order valence-electron chi connectivity index (χ3n) is 2.88. The van der Waals surface area contributed by atoms with E-state index in [2.05, 4.69) is 0 Å². The van der Waals surface area contributed by atoms with E-state index in [0.717, 1.165) is 21.9 Å². The van der Waals surface area contributed by atoms with Crippen LogP contribution < -0.4 is 0 Å². The van der Waals surface area contributed by atoms with E-state index in [1.807, 2.05) is 36.4 Å². The van der Waals surface area contributed by atoms with E-state index >= 15 is 0 Å². The minimum atomic E-state index is -2.73. The van der Waals surface area contributed by atoms with Gasteiger partial charge in [-0.3, -0.25) is 0 Å². The van der Waals surface area contributed by atoms with Crippen molar-refractivity contribution in [2.24, 2.45) is 0 Å². The molecule has 0 bridgehead atoms. The lowest BCUT2D eigenvalue weighted by atomic mass is 10.0. The maximum absolute atomic E-state index is 6.03. The van der Waals surface area contributed by atoms with Crippen LogP contribution in [0.4, 0.5) is 0 Å². The first kappa shape index (κ1) is 17.2. The summed E-state index contributed by atoms with van der Waals surface area (Å²) in [6.07, 6.45) is 0. The SMILES string of the molecule is Cl[Si](Cl)(Cl)Cc1cccc2c(C[Si](Cl)(Cl)Cl)cccc12. The second-order valence-electron chi connectivity index (χ2n) is 4.51. The molecule has 0 amide bonds. The Morgan fingerprint density at radius 2 is 0.950 bits per heavy atom. The number of benzene rings is 2. The molecule has 2 aromatic carbocycles. The summed E-state index contributed by atoms with van der Waals surface area (Å²) in [4.78, 5) is 0. The zero-order valence-corrected chi connectivity index (χ0v) is 16.7. The lowest BCUT2D eigenvalue weighted by Crippen LogP contribution is -2.16. The van der Waals surface area contributed by atoms with Crippen LogP contribution in [0.3, 0.4) is 0 Å². The monoisotopic (exact) mass is 420 g/mol. The van der Waals surface area contributed by atoms with Gasteiger partial charge in [-0.1, -0.05) is 36.4 Å². The van der Waals surface area contributed by atoms with Crippen molar-refractivity contribution in [2.75, 3.05) is 0 Å². The van der Waals surface area contributed by atoms with Crippen molar-refractivity contribution in [3.05, 3.63) is 47.5 Å². The molecule has 0 nitrogen and oxygen atoms in total. The summed E-state index contributed by atoms with van der Waals surface area (Å²) in [5.74, 6) is 0. The van der Waals surface area contributed by atoms with Crippen LogP contribution in [0.5, 0.6) is 0 Å². The molecule has 0 radical (unpaired) electrons. The molecule has 8 heteroatoms. The maximum atomic E-state index is 6.03. The summed E-state index contributed by atoms with van der Waals surface area (Å²) in [5, 5.41) is 2.12. The van der Waals surface area contributed by atoms with Crippen molar-refractivity contribution in [2.45, 2.75) is 12.1 Å². The van der Waals surface area contributed by atoms with Gasteiger partial charge in [0.05, 0.1) is 0 Å². The van der Waals surface area contributed by atoms with Gasteiger partial charge in [0.25, 0.3) is 0 Å². The summed E-state index contributed by atoms with van der Waals surface area (Å²) >= 11 is 36.2. The van der Waals surface area contributed by atoms with Crippen LogP contribution in [0.2, 0.25) is 0 Å². The Labute approximate surface area is 148 Å². The predicted molar refractivity (Wildman–Crippen MR) is 98.0 cm³/mol. The van der Waals surface area contributed by atoms with Crippen LogP contribution >= 0.6 is 66.5 Å². The normalized spacial score (nSPS) is 12.9. The van der Waals surface area contributed by atoms with Crippen LogP contribution in [-0.2, 0) is 12.1 Å². The van der Waals surface area contributed by atoms with Gasteiger partial charge in [0.2, 0.25) is 0 Å². The van der Waals surface area contributed by atoms with Gasteiger partial charge in [0.15, 0.2) is 0 Å². The van der Waals surface area contributed by atoms with Gasteiger partial charge in [-0.15, -0.1) is 66.5 Å². The van der Waals surface area contributed by atoms with E-state index < -0.39 is 12.0 Å². The Kier molecular flexibility index (Phi) is 5.64. The number of hydrogen-bond acceptors (Lipinski definition) is 0. The summed E-state index contributed by atoms with van der Waals surface area (Å²) in [5.41, 5.74) is 2.06. The highest BCUT2D eigenvalue weighted by atomic mass is 35.8. The number of halogens is 6. The standard InChI is InChI=1S/C12H10Cl6Si2/c13-19(14,15)7-9-3-1-5-11-10(8-20(16,17)18)4-2-6-12(9)11/h1-6H,7-8H2. The maximum Gasteiger partial charge on any atom is 0.345 e. The zero-order chi connectivity index (χ0) is 15.0. The number of hydrogen-bond donors (Lipinski definition) is 0. The molecule has 0 N–H and O–H groups in total. The Morgan fingerprint density at radius 3 is 1.25 bits per heavy atom. The molecule has 2 rings (SSSR count). The first-order valence-electron chi connectivity index (χ1n) is 5.79. The van der Waals surface area contributed by atoms with Crippen LogP contribution in [-0.4, -0.2) is 12.0 Å². The van der Waals surface area contributed by atoms with Crippen molar-refractivity contribution in [1.82, 2.24) is 0 Å². The lowest BCUT2D eigenvalue weighted by molar-refractivity contribution is 1.39. The van der Waals surface area contributed by atoms with E-state index in [0.29, 0.717) is 12.1 Å². The van der Waals surface area contributed by atoms with Crippen molar-refractivity contribution < 1.29 is 0 Å². The second kappa shape index (κ2) is 6.55. The molecule has 0 spiro atoms. The van der Waals surface area contributed by atoms with Crippen molar-refractivity contribution in [1.29, 1.82) is 0 Å². The smallest absolute Gasteiger partial charge is 0.126 e. The Balaban J connectivity index is 2.52. The highest BCUT2D eigenvalue weighted by Crippen LogP contribution is 2.32. The van der Waals surface area contributed by atoms with Crippen LogP contribution in [0.1, 0.15) is 11.1 Å². The summed E-state index contributed by atoms with van der Waals surface area (Å²) < 4.78 is 0. The quantitative estimate of drug-likeness (QED) is 0.399. The van der Waals surface area contributed by atoms with Gasteiger partial charge >= 0.3 is 12.0 Å². The highest BCUT2D eigenvalue weighted by Gasteiger charge is 2.28. The van der Waals surface area contributed by atoms with Gasteiger partial charge in [0, 0.05) is 12.1 Å². The fraction of sp³-hybridized carbons (Fsp3) is 0.167. The first-order valence-corrected chi connectivity index (χ1v) is 16.3. The lowest BCUT2D eigenvalue weighted by Gasteiger charge is -2.14.